The smallest absolute Gasteiger partial charge is 0.227 e. The van der Waals surface area contributed by atoms with E-state index in [0.717, 1.165) is 27.8 Å². The summed E-state index contributed by atoms with van der Waals surface area (Å²) in [5.74, 6) is 0.567. The predicted molar refractivity (Wildman–Crippen MR) is 94.1 cm³/mol. The summed E-state index contributed by atoms with van der Waals surface area (Å²) in [5, 5.41) is 5.00. The van der Waals surface area contributed by atoms with Gasteiger partial charge in [0.1, 0.15) is 0 Å². The normalized spacial score (nSPS) is 10.8. The standard InChI is InChI=1S/C18H13ClN4/c19-12-6-7-14-15(11-21-17(14)10-12)16-8-9-20-18(23-16)22-13-4-2-1-3-5-13/h1-11,21H,(H,20,22,23). The van der Waals surface area contributed by atoms with Gasteiger partial charge < -0.3 is 10.3 Å². The third kappa shape index (κ3) is 2.76. The Morgan fingerprint density at radius 2 is 1.87 bits per heavy atom. The first-order valence-electron chi connectivity index (χ1n) is 7.22. The van der Waals surface area contributed by atoms with Gasteiger partial charge in [0.15, 0.2) is 0 Å². The van der Waals surface area contributed by atoms with Gasteiger partial charge in [-0.15, -0.1) is 0 Å². The molecule has 4 aromatic rings. The molecule has 0 atom stereocenters. The van der Waals surface area contributed by atoms with Gasteiger partial charge in [-0.2, -0.15) is 0 Å². The summed E-state index contributed by atoms with van der Waals surface area (Å²) < 4.78 is 0. The van der Waals surface area contributed by atoms with E-state index in [1.165, 1.54) is 0 Å². The number of rotatable bonds is 3. The molecule has 2 N–H and O–H groups in total. The fourth-order valence-corrected chi connectivity index (χ4v) is 2.70. The Balaban J connectivity index is 1.73. The largest absolute Gasteiger partial charge is 0.360 e. The second-order valence-electron chi connectivity index (χ2n) is 5.15. The first kappa shape index (κ1) is 13.8. The highest BCUT2D eigenvalue weighted by atomic mass is 35.5. The van der Waals surface area contributed by atoms with E-state index in [0.29, 0.717) is 11.0 Å². The molecular weight excluding hydrogens is 308 g/mol. The number of aromatic amines is 1. The van der Waals surface area contributed by atoms with Crippen LogP contribution in [0.2, 0.25) is 5.02 Å². The molecule has 2 aromatic carbocycles. The highest BCUT2D eigenvalue weighted by molar-refractivity contribution is 6.31. The van der Waals surface area contributed by atoms with Crippen molar-refractivity contribution in [1.82, 2.24) is 15.0 Å². The van der Waals surface area contributed by atoms with Crippen LogP contribution < -0.4 is 5.32 Å². The molecule has 0 bridgehead atoms. The maximum absolute atomic E-state index is 6.03. The van der Waals surface area contributed by atoms with E-state index in [-0.39, 0.29) is 0 Å². The highest BCUT2D eigenvalue weighted by Crippen LogP contribution is 2.29. The van der Waals surface area contributed by atoms with Crippen LogP contribution >= 0.6 is 11.6 Å². The van der Waals surface area contributed by atoms with Gasteiger partial charge in [0.05, 0.1) is 5.69 Å². The van der Waals surface area contributed by atoms with Crippen LogP contribution in [0.4, 0.5) is 11.6 Å². The van der Waals surface area contributed by atoms with E-state index in [1.807, 2.05) is 60.8 Å². The van der Waals surface area contributed by atoms with Gasteiger partial charge in [-0.05, 0) is 30.3 Å². The van der Waals surface area contributed by atoms with Gasteiger partial charge in [0.25, 0.3) is 0 Å². The molecule has 2 aromatic heterocycles. The summed E-state index contributed by atoms with van der Waals surface area (Å²) in [6.45, 7) is 0. The Morgan fingerprint density at radius 3 is 2.74 bits per heavy atom. The quantitative estimate of drug-likeness (QED) is 0.557. The number of anilines is 2. The minimum atomic E-state index is 0.567. The summed E-state index contributed by atoms with van der Waals surface area (Å²) in [6.07, 6.45) is 3.69. The monoisotopic (exact) mass is 320 g/mol. The predicted octanol–water partition coefficient (Wildman–Crippen LogP) is 5.02. The first-order chi connectivity index (χ1) is 11.3. The van der Waals surface area contributed by atoms with Gasteiger partial charge >= 0.3 is 0 Å². The third-order valence-electron chi connectivity index (χ3n) is 3.61. The average molecular weight is 321 g/mol. The minimum absolute atomic E-state index is 0.567. The van der Waals surface area contributed by atoms with Gasteiger partial charge in [0.2, 0.25) is 5.95 Å². The Labute approximate surface area is 138 Å². The second kappa shape index (κ2) is 5.74. The van der Waals surface area contributed by atoms with Crippen molar-refractivity contribution in [2.45, 2.75) is 0 Å². The number of para-hydroxylation sites is 1. The maximum Gasteiger partial charge on any atom is 0.227 e. The summed E-state index contributed by atoms with van der Waals surface area (Å²) in [5.41, 5.74) is 3.82. The van der Waals surface area contributed by atoms with Gasteiger partial charge in [0, 0.05) is 39.6 Å². The molecule has 0 fully saturated rings. The van der Waals surface area contributed by atoms with E-state index in [2.05, 4.69) is 20.3 Å². The molecule has 23 heavy (non-hydrogen) atoms. The molecule has 2 heterocycles. The minimum Gasteiger partial charge on any atom is -0.360 e. The van der Waals surface area contributed by atoms with E-state index in [9.17, 15) is 0 Å². The third-order valence-corrected chi connectivity index (χ3v) is 3.84. The van der Waals surface area contributed by atoms with Crippen LogP contribution in [-0.2, 0) is 0 Å². The number of nitrogens with one attached hydrogen (secondary N) is 2. The molecule has 0 saturated carbocycles. The fraction of sp³-hybridized carbons (Fsp3) is 0. The van der Waals surface area contributed by atoms with Crippen molar-refractivity contribution >= 4 is 34.1 Å². The number of H-pyrrole nitrogens is 1. The molecule has 0 radical (unpaired) electrons. The lowest BCUT2D eigenvalue weighted by Crippen LogP contribution is -1.97. The van der Waals surface area contributed by atoms with E-state index in [4.69, 9.17) is 11.6 Å². The van der Waals surface area contributed by atoms with Crippen molar-refractivity contribution in [3.8, 4) is 11.3 Å². The number of hydrogen-bond donors (Lipinski definition) is 2. The molecule has 0 unspecified atom stereocenters. The summed E-state index contributed by atoms with van der Waals surface area (Å²) in [6, 6.07) is 17.5. The Bertz CT molecular complexity index is 963. The first-order valence-corrected chi connectivity index (χ1v) is 7.59. The Kier molecular flexibility index (Phi) is 3.44. The zero-order valence-electron chi connectivity index (χ0n) is 12.1. The average Bonchev–Trinajstić information content (AvgIpc) is 2.99. The van der Waals surface area contributed by atoms with Crippen LogP contribution in [-0.4, -0.2) is 15.0 Å². The van der Waals surface area contributed by atoms with Crippen molar-refractivity contribution in [2.24, 2.45) is 0 Å². The van der Waals surface area contributed by atoms with Crippen LogP contribution in [0.5, 0.6) is 0 Å². The molecule has 0 spiro atoms. The molecule has 0 saturated heterocycles. The molecule has 4 rings (SSSR count). The molecule has 0 aliphatic rings. The van der Waals surface area contributed by atoms with Crippen LogP contribution in [0.3, 0.4) is 0 Å². The van der Waals surface area contributed by atoms with Crippen molar-refractivity contribution in [1.29, 1.82) is 0 Å². The maximum atomic E-state index is 6.03. The summed E-state index contributed by atoms with van der Waals surface area (Å²) in [7, 11) is 0. The molecular formula is C18H13ClN4. The SMILES string of the molecule is Clc1ccc2c(-c3ccnc(Nc4ccccc4)n3)c[nH]c2c1. The summed E-state index contributed by atoms with van der Waals surface area (Å²) in [4.78, 5) is 12.1. The molecule has 112 valence electrons. The van der Waals surface area contributed by atoms with E-state index < -0.39 is 0 Å². The van der Waals surface area contributed by atoms with E-state index >= 15 is 0 Å². The highest BCUT2D eigenvalue weighted by Gasteiger charge is 2.09. The lowest BCUT2D eigenvalue weighted by atomic mass is 10.1. The van der Waals surface area contributed by atoms with Crippen molar-refractivity contribution < 1.29 is 0 Å². The van der Waals surface area contributed by atoms with Crippen LogP contribution in [0.15, 0.2) is 67.0 Å². The number of nitrogens with zero attached hydrogens (tertiary/aromatic N) is 2. The zero-order chi connectivity index (χ0) is 15.6. The molecule has 4 nitrogen and oxygen atoms in total. The second-order valence-corrected chi connectivity index (χ2v) is 5.59. The zero-order valence-corrected chi connectivity index (χ0v) is 12.9. The summed E-state index contributed by atoms with van der Waals surface area (Å²) >= 11 is 6.03. The van der Waals surface area contributed by atoms with Crippen molar-refractivity contribution in [3.05, 3.63) is 72.0 Å². The Hall–Kier alpha value is -2.85. The molecule has 0 aliphatic carbocycles. The van der Waals surface area contributed by atoms with E-state index in [1.54, 1.807) is 6.20 Å². The molecule has 0 aliphatic heterocycles. The van der Waals surface area contributed by atoms with Gasteiger partial charge in [-0.3, -0.25) is 0 Å². The van der Waals surface area contributed by atoms with Gasteiger partial charge in [-0.1, -0.05) is 35.9 Å². The molecule has 0 amide bonds. The van der Waals surface area contributed by atoms with Crippen LogP contribution in [0.1, 0.15) is 0 Å². The van der Waals surface area contributed by atoms with Crippen molar-refractivity contribution in [3.63, 3.8) is 0 Å². The number of benzene rings is 2. The lowest BCUT2D eigenvalue weighted by molar-refractivity contribution is 1.17. The fourth-order valence-electron chi connectivity index (χ4n) is 2.53. The number of aromatic nitrogens is 3. The number of halogens is 1. The Morgan fingerprint density at radius 1 is 1.00 bits per heavy atom. The van der Waals surface area contributed by atoms with Crippen LogP contribution in [0, 0.1) is 0 Å². The van der Waals surface area contributed by atoms with Crippen LogP contribution in [0.25, 0.3) is 22.2 Å². The van der Waals surface area contributed by atoms with Crippen molar-refractivity contribution in [2.75, 3.05) is 5.32 Å². The lowest BCUT2D eigenvalue weighted by Gasteiger charge is -2.06. The molecule has 5 heteroatoms. The number of fused-ring (bicyclic) bond motifs is 1. The number of hydrogen-bond acceptors (Lipinski definition) is 3. The van der Waals surface area contributed by atoms with Gasteiger partial charge in [-0.25, -0.2) is 9.97 Å². The topological polar surface area (TPSA) is 53.6 Å².